The second kappa shape index (κ2) is 4.56. The lowest BCUT2D eigenvalue weighted by Gasteiger charge is -2.29. The van der Waals surface area contributed by atoms with E-state index in [1.54, 1.807) is 0 Å². The summed E-state index contributed by atoms with van der Waals surface area (Å²) in [4.78, 5) is 3.35. The molecule has 1 nitrogen and oxygen atoms in total. The van der Waals surface area contributed by atoms with E-state index >= 15 is 0 Å². The molecule has 0 bridgehead atoms. The average Bonchev–Trinajstić information content (AvgIpc) is 2.30. The highest BCUT2D eigenvalue weighted by Crippen LogP contribution is 2.13. The summed E-state index contributed by atoms with van der Waals surface area (Å²) in [6, 6.07) is 10.3. The van der Waals surface area contributed by atoms with Gasteiger partial charge in [0.2, 0.25) is 0 Å². The van der Waals surface area contributed by atoms with Gasteiger partial charge in [-0.1, -0.05) is 42.5 Å². The van der Waals surface area contributed by atoms with Crippen molar-refractivity contribution in [2.24, 2.45) is 0 Å². The fourth-order valence-corrected chi connectivity index (χ4v) is 2.18. The number of piperidine rings is 1. The van der Waals surface area contributed by atoms with E-state index in [9.17, 15) is 0 Å². The van der Waals surface area contributed by atoms with Crippen molar-refractivity contribution in [3.63, 3.8) is 0 Å². The van der Waals surface area contributed by atoms with Gasteiger partial charge in [0.1, 0.15) is 4.99 Å². The summed E-state index contributed by atoms with van der Waals surface area (Å²) >= 11 is 5.47. The van der Waals surface area contributed by atoms with Gasteiger partial charge in [-0.15, -0.1) is 0 Å². The van der Waals surface area contributed by atoms with Crippen LogP contribution in [0.1, 0.15) is 24.8 Å². The summed E-state index contributed by atoms with van der Waals surface area (Å²) in [7, 11) is 0. The van der Waals surface area contributed by atoms with Crippen LogP contribution >= 0.6 is 12.2 Å². The monoisotopic (exact) mass is 205 g/mol. The lowest BCUT2D eigenvalue weighted by molar-refractivity contribution is 0.347. The smallest absolute Gasteiger partial charge is 0.109 e. The van der Waals surface area contributed by atoms with Gasteiger partial charge >= 0.3 is 0 Å². The zero-order valence-corrected chi connectivity index (χ0v) is 9.09. The molecular weight excluding hydrogens is 190 g/mol. The molecule has 0 amide bonds. The highest BCUT2D eigenvalue weighted by molar-refractivity contribution is 7.80. The number of nitrogens with zero attached hydrogens (tertiary/aromatic N) is 1. The Morgan fingerprint density at radius 3 is 2.29 bits per heavy atom. The summed E-state index contributed by atoms with van der Waals surface area (Å²) in [6.45, 7) is 2.27. The zero-order valence-electron chi connectivity index (χ0n) is 8.28. The second-order valence-electron chi connectivity index (χ2n) is 3.72. The van der Waals surface area contributed by atoms with E-state index in [1.165, 1.54) is 24.8 Å². The number of hydrogen-bond donors (Lipinski definition) is 0. The van der Waals surface area contributed by atoms with Crippen LogP contribution < -0.4 is 0 Å². The van der Waals surface area contributed by atoms with E-state index in [1.807, 2.05) is 18.2 Å². The molecule has 2 rings (SSSR count). The SMILES string of the molecule is S=C(c1ccccc1)N1CCCCC1. The molecule has 74 valence electrons. The largest absolute Gasteiger partial charge is 0.362 e. The van der Waals surface area contributed by atoms with Crippen LogP contribution in [0.5, 0.6) is 0 Å². The minimum absolute atomic E-state index is 1.02. The van der Waals surface area contributed by atoms with Crippen LogP contribution in [0.15, 0.2) is 30.3 Å². The molecular formula is C12H15NS. The average molecular weight is 205 g/mol. The fraction of sp³-hybridized carbons (Fsp3) is 0.417. The van der Waals surface area contributed by atoms with Crippen molar-refractivity contribution in [2.45, 2.75) is 19.3 Å². The van der Waals surface area contributed by atoms with E-state index in [0.717, 1.165) is 18.1 Å². The van der Waals surface area contributed by atoms with E-state index in [-0.39, 0.29) is 0 Å². The summed E-state index contributed by atoms with van der Waals surface area (Å²) in [5.74, 6) is 0. The van der Waals surface area contributed by atoms with Crippen LogP contribution in [0.4, 0.5) is 0 Å². The minimum atomic E-state index is 1.02. The van der Waals surface area contributed by atoms with E-state index in [0.29, 0.717) is 0 Å². The van der Waals surface area contributed by atoms with Gasteiger partial charge in [-0.2, -0.15) is 0 Å². The van der Waals surface area contributed by atoms with Gasteiger partial charge in [-0.25, -0.2) is 0 Å². The van der Waals surface area contributed by atoms with Gasteiger partial charge in [0.25, 0.3) is 0 Å². The van der Waals surface area contributed by atoms with Crippen molar-refractivity contribution in [1.82, 2.24) is 4.90 Å². The number of likely N-dealkylation sites (tertiary alicyclic amines) is 1. The first-order valence-electron chi connectivity index (χ1n) is 5.22. The Bertz CT molecular complexity index is 301. The normalized spacial score (nSPS) is 16.7. The summed E-state index contributed by atoms with van der Waals surface area (Å²) in [5, 5.41) is 0. The molecule has 0 N–H and O–H groups in total. The van der Waals surface area contributed by atoms with Crippen molar-refractivity contribution >= 4 is 17.2 Å². The molecule has 0 aromatic heterocycles. The Balaban J connectivity index is 2.07. The Morgan fingerprint density at radius 2 is 1.64 bits per heavy atom. The molecule has 0 atom stereocenters. The highest BCUT2D eigenvalue weighted by Gasteiger charge is 2.13. The second-order valence-corrected chi connectivity index (χ2v) is 4.11. The Morgan fingerprint density at radius 1 is 1.00 bits per heavy atom. The lowest BCUT2D eigenvalue weighted by Crippen LogP contribution is -2.34. The lowest BCUT2D eigenvalue weighted by atomic mass is 10.1. The first-order chi connectivity index (χ1) is 6.88. The van der Waals surface area contributed by atoms with Crippen LogP contribution in [-0.4, -0.2) is 23.0 Å². The van der Waals surface area contributed by atoms with Crippen LogP contribution in [0, 0.1) is 0 Å². The van der Waals surface area contributed by atoms with E-state index in [4.69, 9.17) is 12.2 Å². The molecule has 1 fully saturated rings. The number of benzene rings is 1. The molecule has 1 aromatic carbocycles. The molecule has 0 radical (unpaired) electrons. The molecule has 1 aromatic rings. The van der Waals surface area contributed by atoms with Crippen molar-refractivity contribution in [2.75, 3.05) is 13.1 Å². The van der Waals surface area contributed by atoms with Crippen molar-refractivity contribution in [3.05, 3.63) is 35.9 Å². The van der Waals surface area contributed by atoms with Gasteiger partial charge in [0, 0.05) is 18.7 Å². The van der Waals surface area contributed by atoms with E-state index in [2.05, 4.69) is 17.0 Å². The fourth-order valence-electron chi connectivity index (χ4n) is 1.86. The van der Waals surface area contributed by atoms with Gasteiger partial charge in [-0.05, 0) is 19.3 Å². The Labute approximate surface area is 90.7 Å². The third-order valence-corrected chi connectivity index (χ3v) is 3.16. The molecule has 1 aliphatic rings. The van der Waals surface area contributed by atoms with E-state index < -0.39 is 0 Å². The predicted octanol–water partition coefficient (Wildman–Crippen LogP) is 2.85. The van der Waals surface area contributed by atoms with Crippen molar-refractivity contribution < 1.29 is 0 Å². The Kier molecular flexibility index (Phi) is 3.14. The van der Waals surface area contributed by atoms with Crippen LogP contribution in [0.3, 0.4) is 0 Å². The number of rotatable bonds is 1. The third-order valence-electron chi connectivity index (χ3n) is 2.66. The van der Waals surface area contributed by atoms with Crippen molar-refractivity contribution in [3.8, 4) is 0 Å². The van der Waals surface area contributed by atoms with Crippen LogP contribution in [0.25, 0.3) is 0 Å². The topological polar surface area (TPSA) is 3.24 Å². The van der Waals surface area contributed by atoms with Gasteiger partial charge in [0.05, 0.1) is 0 Å². The maximum atomic E-state index is 5.47. The summed E-state index contributed by atoms with van der Waals surface area (Å²) in [5.41, 5.74) is 1.18. The Hall–Kier alpha value is -0.890. The van der Waals surface area contributed by atoms with Crippen molar-refractivity contribution in [1.29, 1.82) is 0 Å². The maximum Gasteiger partial charge on any atom is 0.109 e. The predicted molar refractivity (Wildman–Crippen MR) is 63.6 cm³/mol. The molecule has 0 saturated carbocycles. The molecule has 14 heavy (non-hydrogen) atoms. The van der Waals surface area contributed by atoms with Gasteiger partial charge < -0.3 is 4.90 Å². The van der Waals surface area contributed by atoms with Gasteiger partial charge in [0.15, 0.2) is 0 Å². The van der Waals surface area contributed by atoms with Crippen LogP contribution in [0.2, 0.25) is 0 Å². The first kappa shape index (κ1) is 9.66. The molecule has 0 unspecified atom stereocenters. The molecule has 1 saturated heterocycles. The molecule has 2 heteroatoms. The summed E-state index contributed by atoms with van der Waals surface area (Å²) < 4.78 is 0. The first-order valence-corrected chi connectivity index (χ1v) is 5.63. The number of hydrogen-bond acceptors (Lipinski definition) is 1. The van der Waals surface area contributed by atoms with Crippen LogP contribution in [-0.2, 0) is 0 Å². The molecule has 1 aliphatic heterocycles. The quantitative estimate of drug-likeness (QED) is 0.649. The van der Waals surface area contributed by atoms with Gasteiger partial charge in [-0.3, -0.25) is 0 Å². The summed E-state index contributed by atoms with van der Waals surface area (Å²) in [6.07, 6.45) is 3.92. The standard InChI is InChI=1S/C12H15NS/c14-12(11-7-3-1-4-8-11)13-9-5-2-6-10-13/h1,3-4,7-8H,2,5-6,9-10H2. The maximum absolute atomic E-state index is 5.47. The number of thiocarbonyl (C=S) groups is 1. The minimum Gasteiger partial charge on any atom is -0.362 e. The third kappa shape index (κ3) is 2.13. The molecule has 0 spiro atoms. The molecule has 1 heterocycles. The zero-order chi connectivity index (χ0) is 9.80. The highest BCUT2D eigenvalue weighted by atomic mass is 32.1. The molecule has 0 aliphatic carbocycles.